The molecular weight excluding hydrogens is 292 g/mol. The zero-order chi connectivity index (χ0) is 15.3. The van der Waals surface area contributed by atoms with Crippen LogP contribution in [0.3, 0.4) is 0 Å². The van der Waals surface area contributed by atoms with Gasteiger partial charge in [0.1, 0.15) is 0 Å². The first-order chi connectivity index (χ1) is 10.0. The number of hydrazone groups is 1. The van der Waals surface area contributed by atoms with Crippen LogP contribution < -0.4 is 9.94 Å². The highest BCUT2D eigenvalue weighted by Gasteiger charge is 2.11. The Morgan fingerprint density at radius 2 is 1.67 bits per heavy atom. The van der Waals surface area contributed by atoms with E-state index in [-0.39, 0.29) is 16.0 Å². The number of sulfonamides is 1. The van der Waals surface area contributed by atoms with Crippen molar-refractivity contribution >= 4 is 22.2 Å². The van der Waals surface area contributed by atoms with Crippen LogP contribution in [0.4, 0.5) is 0 Å². The number of hydrogen-bond donors (Lipinski definition) is 1. The molecule has 0 fully saturated rings. The van der Waals surface area contributed by atoms with E-state index in [0.717, 1.165) is 6.21 Å². The molecule has 7 heteroatoms. The number of benzene rings is 2. The van der Waals surface area contributed by atoms with E-state index in [4.69, 9.17) is 0 Å². The van der Waals surface area contributed by atoms with Gasteiger partial charge in [0.2, 0.25) is 0 Å². The van der Waals surface area contributed by atoms with Gasteiger partial charge in [-0.2, -0.15) is 13.5 Å². The van der Waals surface area contributed by atoms with Crippen molar-refractivity contribution in [2.75, 3.05) is 0 Å². The lowest BCUT2D eigenvalue weighted by molar-refractivity contribution is -0.255. The van der Waals surface area contributed by atoms with Crippen LogP contribution in [0.5, 0.6) is 0 Å². The molecule has 2 aromatic rings. The van der Waals surface area contributed by atoms with Crippen molar-refractivity contribution in [3.8, 4) is 0 Å². The molecule has 1 N–H and O–H groups in total. The number of nitrogens with one attached hydrogen (secondary N) is 1. The minimum Gasteiger partial charge on any atom is -0.545 e. The van der Waals surface area contributed by atoms with Crippen LogP contribution in [0.1, 0.15) is 15.9 Å². The van der Waals surface area contributed by atoms with E-state index in [1.54, 1.807) is 24.3 Å². The van der Waals surface area contributed by atoms with Crippen LogP contribution in [0.2, 0.25) is 0 Å². The lowest BCUT2D eigenvalue weighted by atomic mass is 10.1. The molecule has 0 amide bonds. The van der Waals surface area contributed by atoms with Crippen molar-refractivity contribution in [2.45, 2.75) is 4.90 Å². The first-order valence-electron chi connectivity index (χ1n) is 5.91. The van der Waals surface area contributed by atoms with E-state index >= 15 is 0 Å². The van der Waals surface area contributed by atoms with Crippen LogP contribution in [0, 0.1) is 0 Å². The Balaban J connectivity index is 2.19. The summed E-state index contributed by atoms with van der Waals surface area (Å²) in [5, 5.41) is 14.5. The fourth-order valence-electron chi connectivity index (χ4n) is 1.61. The van der Waals surface area contributed by atoms with Gasteiger partial charge in [-0.1, -0.05) is 42.5 Å². The molecule has 0 aromatic heterocycles. The molecule has 0 spiro atoms. The lowest BCUT2D eigenvalue weighted by Crippen LogP contribution is -2.24. The van der Waals surface area contributed by atoms with E-state index in [9.17, 15) is 18.3 Å². The van der Waals surface area contributed by atoms with Crippen molar-refractivity contribution in [3.63, 3.8) is 0 Å². The normalized spacial score (nSPS) is 11.4. The lowest BCUT2D eigenvalue weighted by Gasteiger charge is -2.06. The Kier molecular flexibility index (Phi) is 4.34. The van der Waals surface area contributed by atoms with Crippen molar-refractivity contribution in [2.24, 2.45) is 5.10 Å². The van der Waals surface area contributed by atoms with E-state index < -0.39 is 16.0 Å². The van der Waals surface area contributed by atoms with Gasteiger partial charge in [-0.3, -0.25) is 0 Å². The smallest absolute Gasteiger partial charge is 0.276 e. The zero-order valence-electron chi connectivity index (χ0n) is 10.8. The fraction of sp³-hybridized carbons (Fsp3) is 0. The third-order valence-electron chi connectivity index (χ3n) is 2.61. The molecule has 0 aliphatic heterocycles. The number of aromatic carboxylic acids is 1. The maximum Gasteiger partial charge on any atom is 0.276 e. The standard InChI is InChI=1S/C14H12N2O4S/c17-14(18)13-9-5-4-6-11(13)10-15-16-21(19,20)12-7-2-1-3-8-12/h1-10,16H,(H,17,18)/p-1/b15-10-. The summed E-state index contributed by atoms with van der Waals surface area (Å²) in [5.41, 5.74) is 0.174. The van der Waals surface area contributed by atoms with Gasteiger partial charge in [0, 0.05) is 11.1 Å². The molecule has 108 valence electrons. The van der Waals surface area contributed by atoms with Gasteiger partial charge in [0.05, 0.1) is 17.1 Å². The Morgan fingerprint density at radius 1 is 1.05 bits per heavy atom. The van der Waals surface area contributed by atoms with Gasteiger partial charge in [-0.05, 0) is 12.1 Å². The SMILES string of the molecule is O=C([O-])c1ccccc1/C=N\NS(=O)(=O)c1ccccc1. The molecule has 0 heterocycles. The summed E-state index contributed by atoms with van der Waals surface area (Å²) in [4.78, 5) is 13.0. The van der Waals surface area contributed by atoms with Crippen LogP contribution in [-0.2, 0) is 10.0 Å². The highest BCUT2D eigenvalue weighted by atomic mass is 32.2. The van der Waals surface area contributed by atoms with Crippen LogP contribution >= 0.6 is 0 Å². The van der Waals surface area contributed by atoms with E-state index in [1.807, 2.05) is 4.83 Å². The second-order valence-electron chi connectivity index (χ2n) is 4.04. The minimum absolute atomic E-state index is 0.0651. The third kappa shape index (κ3) is 3.67. The summed E-state index contributed by atoms with van der Waals surface area (Å²) in [6.07, 6.45) is 1.12. The van der Waals surface area contributed by atoms with Crippen LogP contribution in [-0.4, -0.2) is 20.6 Å². The molecule has 0 aliphatic carbocycles. The highest BCUT2D eigenvalue weighted by molar-refractivity contribution is 7.89. The number of hydrogen-bond acceptors (Lipinski definition) is 5. The summed E-state index contributed by atoms with van der Waals surface area (Å²) < 4.78 is 23.8. The largest absolute Gasteiger partial charge is 0.545 e. The highest BCUT2D eigenvalue weighted by Crippen LogP contribution is 2.08. The Hall–Kier alpha value is -2.67. The second kappa shape index (κ2) is 6.19. The van der Waals surface area contributed by atoms with Gasteiger partial charge in [-0.25, -0.2) is 4.83 Å². The first kappa shape index (κ1) is 14.7. The van der Waals surface area contributed by atoms with Crippen LogP contribution in [0.15, 0.2) is 64.6 Å². The molecule has 0 unspecified atom stereocenters. The van der Waals surface area contributed by atoms with Gasteiger partial charge in [0.25, 0.3) is 10.0 Å². The molecule has 0 bridgehead atoms. The maximum absolute atomic E-state index is 11.9. The summed E-state index contributed by atoms with van der Waals surface area (Å²) in [6.45, 7) is 0. The summed E-state index contributed by atoms with van der Waals surface area (Å²) >= 11 is 0. The Morgan fingerprint density at radius 3 is 2.33 bits per heavy atom. The second-order valence-corrected chi connectivity index (χ2v) is 5.70. The number of carboxylic acid groups (broad SMARTS) is 1. The summed E-state index contributed by atoms with van der Waals surface area (Å²) in [7, 11) is -3.77. The molecule has 0 atom stereocenters. The van der Waals surface area contributed by atoms with E-state index in [2.05, 4.69) is 5.10 Å². The molecule has 0 radical (unpaired) electrons. The maximum atomic E-state index is 11.9. The van der Waals surface area contributed by atoms with E-state index in [0.29, 0.717) is 0 Å². The first-order valence-corrected chi connectivity index (χ1v) is 7.39. The van der Waals surface area contributed by atoms with Crippen molar-refractivity contribution < 1.29 is 18.3 Å². The van der Waals surface area contributed by atoms with Crippen molar-refractivity contribution in [1.82, 2.24) is 4.83 Å². The monoisotopic (exact) mass is 303 g/mol. The predicted octanol–water partition coefficient (Wildman–Crippen LogP) is 0.362. The Labute approximate surface area is 121 Å². The van der Waals surface area contributed by atoms with Gasteiger partial charge in [0.15, 0.2) is 0 Å². The van der Waals surface area contributed by atoms with Crippen molar-refractivity contribution in [3.05, 3.63) is 65.7 Å². The van der Waals surface area contributed by atoms with Crippen LogP contribution in [0.25, 0.3) is 0 Å². The van der Waals surface area contributed by atoms with Gasteiger partial charge in [-0.15, -0.1) is 0 Å². The number of carbonyl (C=O) groups excluding carboxylic acids is 1. The quantitative estimate of drug-likeness (QED) is 0.637. The molecular formula is C14H11N2O4S-. The fourth-order valence-corrected chi connectivity index (χ4v) is 2.43. The number of carbonyl (C=O) groups is 1. The van der Waals surface area contributed by atoms with E-state index in [1.165, 1.54) is 30.3 Å². The number of carboxylic acids is 1. The Bertz CT molecular complexity index is 771. The van der Waals surface area contributed by atoms with Gasteiger partial charge >= 0.3 is 0 Å². The summed E-state index contributed by atoms with van der Waals surface area (Å²) in [5.74, 6) is -1.36. The predicted molar refractivity (Wildman–Crippen MR) is 75.1 cm³/mol. The molecule has 2 aromatic carbocycles. The molecule has 6 nitrogen and oxygen atoms in total. The average molecular weight is 303 g/mol. The molecule has 0 aliphatic rings. The average Bonchev–Trinajstić information content (AvgIpc) is 2.48. The minimum atomic E-state index is -3.77. The number of rotatable bonds is 5. The molecule has 2 rings (SSSR count). The molecule has 0 saturated heterocycles. The van der Waals surface area contributed by atoms with Crippen molar-refractivity contribution in [1.29, 1.82) is 0 Å². The molecule has 0 saturated carbocycles. The topological polar surface area (TPSA) is 98.7 Å². The molecule has 21 heavy (non-hydrogen) atoms. The summed E-state index contributed by atoms with van der Waals surface area (Å²) in [6, 6.07) is 13.7. The third-order valence-corrected chi connectivity index (χ3v) is 3.85. The van der Waals surface area contributed by atoms with Gasteiger partial charge < -0.3 is 9.90 Å². The zero-order valence-corrected chi connectivity index (χ0v) is 11.6. The number of nitrogens with zero attached hydrogens (tertiary/aromatic N) is 1.